The highest BCUT2D eigenvalue weighted by atomic mass is 16.5. The molecule has 2 rings (SSSR count). The normalized spacial score (nSPS) is 10.5. The number of hydrazone groups is 1. The Morgan fingerprint density at radius 1 is 1.15 bits per heavy atom. The van der Waals surface area contributed by atoms with Crippen molar-refractivity contribution in [1.82, 2.24) is 5.43 Å². The maximum atomic E-state index is 11.8. The first kappa shape index (κ1) is 19.3. The molecule has 0 saturated heterocycles. The second-order valence-corrected chi connectivity index (χ2v) is 5.63. The molecule has 0 heterocycles. The summed E-state index contributed by atoms with van der Waals surface area (Å²) in [6, 6.07) is 15.0. The van der Waals surface area contributed by atoms with Crippen LogP contribution in [0, 0.1) is 0 Å². The summed E-state index contributed by atoms with van der Waals surface area (Å²) < 4.78 is 11.0. The minimum absolute atomic E-state index is 0.148. The molecule has 0 aromatic heterocycles. The van der Waals surface area contributed by atoms with Crippen LogP contribution in [-0.4, -0.2) is 32.4 Å². The highest BCUT2D eigenvalue weighted by molar-refractivity contribution is 5.84. The monoisotopic (exact) mass is 355 g/mol. The number of hydrogen-bond donors (Lipinski definition) is 2. The molecule has 2 aromatic carbocycles. The number of carbonyl (C=O) groups is 1. The molecule has 2 N–H and O–H groups in total. The quantitative estimate of drug-likeness (QED) is 0.389. The third-order valence-electron chi connectivity index (χ3n) is 3.57. The Balaban J connectivity index is 1.84. The molecule has 0 radical (unpaired) electrons. The SMILES string of the molecule is CCCCOc1ccc(/C=N/NC(=O)CNc2ccccc2)cc1OC. The highest BCUT2D eigenvalue weighted by Gasteiger charge is 2.05. The Kier molecular flexibility index (Phi) is 7.99. The van der Waals surface area contributed by atoms with Gasteiger partial charge in [0.2, 0.25) is 0 Å². The summed E-state index contributed by atoms with van der Waals surface area (Å²) in [6.45, 7) is 2.92. The summed E-state index contributed by atoms with van der Waals surface area (Å²) >= 11 is 0. The number of para-hydroxylation sites is 1. The van der Waals surface area contributed by atoms with Gasteiger partial charge in [0.1, 0.15) is 0 Å². The number of anilines is 1. The van der Waals surface area contributed by atoms with Crippen LogP contribution < -0.4 is 20.2 Å². The van der Waals surface area contributed by atoms with E-state index in [2.05, 4.69) is 22.8 Å². The molecule has 0 aliphatic carbocycles. The molecular formula is C20H25N3O3. The van der Waals surface area contributed by atoms with Crippen LogP contribution in [0.1, 0.15) is 25.3 Å². The van der Waals surface area contributed by atoms with Gasteiger partial charge in [-0.05, 0) is 42.3 Å². The average molecular weight is 355 g/mol. The minimum Gasteiger partial charge on any atom is -0.493 e. The zero-order valence-electron chi connectivity index (χ0n) is 15.2. The molecule has 6 heteroatoms. The second-order valence-electron chi connectivity index (χ2n) is 5.63. The molecule has 0 atom stereocenters. The predicted molar refractivity (Wildman–Crippen MR) is 104 cm³/mol. The number of benzene rings is 2. The molecule has 0 aliphatic heterocycles. The minimum atomic E-state index is -0.225. The Morgan fingerprint density at radius 3 is 2.69 bits per heavy atom. The molecule has 0 bridgehead atoms. The van der Waals surface area contributed by atoms with E-state index in [4.69, 9.17) is 9.47 Å². The van der Waals surface area contributed by atoms with E-state index < -0.39 is 0 Å². The van der Waals surface area contributed by atoms with Gasteiger partial charge in [0.05, 0.1) is 26.5 Å². The lowest BCUT2D eigenvalue weighted by Crippen LogP contribution is -2.25. The van der Waals surface area contributed by atoms with Gasteiger partial charge in [-0.1, -0.05) is 31.5 Å². The number of methoxy groups -OCH3 is 1. The van der Waals surface area contributed by atoms with Gasteiger partial charge in [0, 0.05) is 5.69 Å². The molecular weight excluding hydrogens is 330 g/mol. The van der Waals surface area contributed by atoms with Crippen molar-refractivity contribution < 1.29 is 14.3 Å². The molecule has 0 fully saturated rings. The molecule has 0 spiro atoms. The number of ether oxygens (including phenoxy) is 2. The summed E-state index contributed by atoms with van der Waals surface area (Å²) in [5.74, 6) is 1.12. The van der Waals surface area contributed by atoms with Gasteiger partial charge < -0.3 is 14.8 Å². The van der Waals surface area contributed by atoms with Gasteiger partial charge in [-0.2, -0.15) is 5.10 Å². The summed E-state index contributed by atoms with van der Waals surface area (Å²) in [6.07, 6.45) is 3.64. The van der Waals surface area contributed by atoms with Crippen LogP contribution in [-0.2, 0) is 4.79 Å². The average Bonchev–Trinajstić information content (AvgIpc) is 2.68. The van der Waals surface area contributed by atoms with Crippen molar-refractivity contribution >= 4 is 17.8 Å². The third kappa shape index (κ3) is 6.47. The summed E-state index contributed by atoms with van der Waals surface area (Å²) in [4.78, 5) is 11.8. The van der Waals surface area contributed by atoms with Gasteiger partial charge in [0.25, 0.3) is 5.91 Å². The zero-order chi connectivity index (χ0) is 18.6. The fourth-order valence-electron chi connectivity index (χ4n) is 2.17. The van der Waals surface area contributed by atoms with Crippen molar-refractivity contribution in [3.8, 4) is 11.5 Å². The summed E-state index contributed by atoms with van der Waals surface area (Å²) in [5, 5.41) is 6.99. The van der Waals surface area contributed by atoms with Crippen LogP contribution >= 0.6 is 0 Å². The largest absolute Gasteiger partial charge is 0.493 e. The lowest BCUT2D eigenvalue weighted by atomic mass is 10.2. The van der Waals surface area contributed by atoms with Crippen molar-refractivity contribution in [1.29, 1.82) is 0 Å². The Hall–Kier alpha value is -3.02. The Labute approximate surface area is 154 Å². The fourth-order valence-corrected chi connectivity index (χ4v) is 2.17. The van der Waals surface area contributed by atoms with E-state index in [1.807, 2.05) is 48.5 Å². The molecule has 6 nitrogen and oxygen atoms in total. The second kappa shape index (κ2) is 10.8. The van der Waals surface area contributed by atoms with Crippen LogP contribution in [0.5, 0.6) is 11.5 Å². The molecule has 26 heavy (non-hydrogen) atoms. The number of carbonyl (C=O) groups excluding carboxylic acids is 1. The molecule has 0 unspecified atom stereocenters. The van der Waals surface area contributed by atoms with E-state index in [1.54, 1.807) is 13.3 Å². The number of amides is 1. The van der Waals surface area contributed by atoms with E-state index in [-0.39, 0.29) is 12.5 Å². The van der Waals surface area contributed by atoms with Gasteiger partial charge >= 0.3 is 0 Å². The van der Waals surface area contributed by atoms with Gasteiger partial charge in [-0.3, -0.25) is 4.79 Å². The van der Waals surface area contributed by atoms with E-state index >= 15 is 0 Å². The van der Waals surface area contributed by atoms with Gasteiger partial charge in [-0.15, -0.1) is 0 Å². The highest BCUT2D eigenvalue weighted by Crippen LogP contribution is 2.27. The number of unbranched alkanes of at least 4 members (excludes halogenated alkanes) is 1. The third-order valence-corrected chi connectivity index (χ3v) is 3.57. The van der Waals surface area contributed by atoms with Crippen LogP contribution in [0.2, 0.25) is 0 Å². The van der Waals surface area contributed by atoms with Crippen molar-refractivity contribution in [2.45, 2.75) is 19.8 Å². The zero-order valence-corrected chi connectivity index (χ0v) is 15.2. The molecule has 0 saturated carbocycles. The summed E-state index contributed by atoms with van der Waals surface area (Å²) in [7, 11) is 1.60. The Morgan fingerprint density at radius 2 is 1.96 bits per heavy atom. The predicted octanol–water partition coefficient (Wildman–Crippen LogP) is 3.44. The molecule has 0 aliphatic rings. The molecule has 2 aromatic rings. The van der Waals surface area contributed by atoms with Gasteiger partial charge in [-0.25, -0.2) is 5.43 Å². The smallest absolute Gasteiger partial charge is 0.259 e. The standard InChI is InChI=1S/C20H25N3O3/c1-3-4-12-26-18-11-10-16(13-19(18)25-2)14-22-23-20(24)15-21-17-8-6-5-7-9-17/h5-11,13-14,21H,3-4,12,15H2,1-2H3,(H,23,24)/b22-14+. The summed E-state index contributed by atoms with van der Waals surface area (Å²) in [5.41, 5.74) is 4.18. The van der Waals surface area contributed by atoms with Crippen LogP contribution in [0.3, 0.4) is 0 Å². The van der Waals surface area contributed by atoms with Crippen molar-refractivity contribution in [2.24, 2.45) is 5.10 Å². The van der Waals surface area contributed by atoms with Crippen molar-refractivity contribution in [2.75, 3.05) is 25.6 Å². The maximum Gasteiger partial charge on any atom is 0.259 e. The first-order valence-electron chi connectivity index (χ1n) is 8.64. The molecule has 138 valence electrons. The lowest BCUT2D eigenvalue weighted by Gasteiger charge is -2.10. The van der Waals surface area contributed by atoms with Crippen LogP contribution in [0.15, 0.2) is 53.6 Å². The number of hydrogen-bond acceptors (Lipinski definition) is 5. The number of nitrogens with zero attached hydrogens (tertiary/aromatic N) is 1. The number of nitrogens with one attached hydrogen (secondary N) is 2. The van der Waals surface area contributed by atoms with Crippen LogP contribution in [0.4, 0.5) is 5.69 Å². The van der Waals surface area contributed by atoms with Crippen molar-refractivity contribution in [3.05, 3.63) is 54.1 Å². The number of rotatable bonds is 10. The van der Waals surface area contributed by atoms with Crippen molar-refractivity contribution in [3.63, 3.8) is 0 Å². The van der Waals surface area contributed by atoms with E-state index in [9.17, 15) is 4.79 Å². The maximum absolute atomic E-state index is 11.8. The van der Waals surface area contributed by atoms with E-state index in [0.717, 1.165) is 24.1 Å². The fraction of sp³-hybridized carbons (Fsp3) is 0.300. The van der Waals surface area contributed by atoms with Gasteiger partial charge in [0.15, 0.2) is 11.5 Å². The first-order valence-corrected chi connectivity index (χ1v) is 8.64. The van der Waals surface area contributed by atoms with Crippen LogP contribution in [0.25, 0.3) is 0 Å². The van der Waals surface area contributed by atoms with E-state index in [0.29, 0.717) is 18.1 Å². The lowest BCUT2D eigenvalue weighted by molar-refractivity contribution is -0.119. The molecule has 1 amide bonds. The van der Waals surface area contributed by atoms with E-state index in [1.165, 1.54) is 0 Å². The topological polar surface area (TPSA) is 72.0 Å². The first-order chi connectivity index (χ1) is 12.7. The Bertz CT molecular complexity index is 717.